The molecule has 0 radical (unpaired) electrons. The molecular weight excluding hydrogens is 556 g/mol. The number of allylic oxidation sites excluding steroid dienone is 5. The van der Waals surface area contributed by atoms with Gasteiger partial charge in [-0.1, -0.05) is 98.8 Å². The predicted octanol–water partition coefficient (Wildman–Crippen LogP) is 11.8. The Kier molecular flexibility index (Phi) is 6.24. The van der Waals surface area contributed by atoms with Crippen molar-refractivity contribution in [2.24, 2.45) is 11.8 Å². The zero-order valence-corrected chi connectivity index (χ0v) is 26.3. The number of H-pyrrole nitrogens is 1. The average Bonchev–Trinajstić information content (AvgIpc) is 3.63. The molecule has 2 unspecified atom stereocenters. The number of fused-ring (bicyclic) bond motifs is 6. The smallest absolute Gasteiger partial charge is 0.0538 e. The van der Waals surface area contributed by atoms with Gasteiger partial charge in [0.15, 0.2) is 0 Å². The van der Waals surface area contributed by atoms with E-state index in [0.29, 0.717) is 11.8 Å². The lowest BCUT2D eigenvalue weighted by Crippen LogP contribution is -2.05. The molecule has 0 spiro atoms. The molecule has 2 aliphatic carbocycles. The maximum Gasteiger partial charge on any atom is 0.0538 e. The molecule has 0 saturated carbocycles. The maximum atomic E-state index is 3.57. The normalized spacial score (nSPS) is 17.6. The van der Waals surface area contributed by atoms with Crippen LogP contribution in [0.5, 0.6) is 0 Å². The van der Waals surface area contributed by atoms with Crippen LogP contribution < -0.4 is 0 Å². The van der Waals surface area contributed by atoms with E-state index in [2.05, 4.69) is 163 Å². The lowest BCUT2D eigenvalue weighted by atomic mass is 9.92. The molecule has 2 aliphatic rings. The molecule has 0 saturated heterocycles. The quantitative estimate of drug-likeness (QED) is 0.210. The molecule has 2 aromatic heterocycles. The summed E-state index contributed by atoms with van der Waals surface area (Å²) in [6.07, 6.45) is 13.8. The van der Waals surface area contributed by atoms with Crippen molar-refractivity contribution in [3.05, 3.63) is 150 Å². The second-order valence-corrected chi connectivity index (χ2v) is 13.3. The van der Waals surface area contributed by atoms with Gasteiger partial charge in [0.25, 0.3) is 0 Å². The van der Waals surface area contributed by atoms with E-state index in [1.165, 1.54) is 83.0 Å². The summed E-state index contributed by atoms with van der Waals surface area (Å²) < 4.78 is 2.47. The molecule has 46 heavy (non-hydrogen) atoms. The topological polar surface area (TPSA) is 20.7 Å². The van der Waals surface area contributed by atoms with Crippen molar-refractivity contribution >= 4 is 44.4 Å². The van der Waals surface area contributed by atoms with E-state index in [1.54, 1.807) is 0 Å². The van der Waals surface area contributed by atoms with E-state index in [4.69, 9.17) is 0 Å². The number of hydrogen-bond donors (Lipinski definition) is 1. The highest BCUT2D eigenvalue weighted by Crippen LogP contribution is 2.39. The number of para-hydroxylation sites is 1. The molecule has 0 amide bonds. The van der Waals surface area contributed by atoms with Gasteiger partial charge in [-0.15, -0.1) is 0 Å². The minimum atomic E-state index is 0.512. The summed E-state index contributed by atoms with van der Waals surface area (Å²) in [4.78, 5) is 3.57. The van der Waals surface area contributed by atoms with E-state index >= 15 is 0 Å². The third-order valence-corrected chi connectivity index (χ3v) is 10.0. The van der Waals surface area contributed by atoms with Crippen molar-refractivity contribution in [3.8, 4) is 27.9 Å². The molecule has 5 aromatic carbocycles. The lowest BCUT2D eigenvalue weighted by Gasteiger charge is -2.16. The first-order chi connectivity index (χ1) is 22.6. The first-order valence-corrected chi connectivity index (χ1v) is 16.5. The van der Waals surface area contributed by atoms with E-state index in [-0.39, 0.29) is 0 Å². The van der Waals surface area contributed by atoms with Gasteiger partial charge in [-0.25, -0.2) is 0 Å². The zero-order chi connectivity index (χ0) is 30.8. The van der Waals surface area contributed by atoms with Crippen LogP contribution in [0.1, 0.15) is 37.1 Å². The van der Waals surface area contributed by atoms with Crippen LogP contribution in [0.3, 0.4) is 0 Å². The summed E-state index contributed by atoms with van der Waals surface area (Å²) in [5.74, 6) is 1.13. The average molecular weight is 593 g/mol. The summed E-state index contributed by atoms with van der Waals surface area (Å²) in [7, 11) is 0. The molecule has 7 aromatic rings. The first kappa shape index (κ1) is 27.0. The summed E-state index contributed by atoms with van der Waals surface area (Å²) in [5.41, 5.74) is 15.2. The van der Waals surface area contributed by atoms with Crippen molar-refractivity contribution in [1.82, 2.24) is 9.55 Å². The molecule has 9 rings (SSSR count). The Morgan fingerprint density at radius 2 is 1.30 bits per heavy atom. The fourth-order valence-corrected chi connectivity index (χ4v) is 7.54. The Morgan fingerprint density at radius 3 is 2.17 bits per heavy atom. The Bertz CT molecular complexity index is 2410. The van der Waals surface area contributed by atoms with Crippen LogP contribution in [-0.4, -0.2) is 9.55 Å². The molecule has 0 aliphatic heterocycles. The Labute approximate surface area is 270 Å². The number of nitrogens with zero attached hydrogens (tertiary/aromatic N) is 1. The number of benzene rings is 5. The molecule has 0 fully saturated rings. The van der Waals surface area contributed by atoms with Crippen LogP contribution in [0.15, 0.2) is 133 Å². The third kappa shape index (κ3) is 4.48. The lowest BCUT2D eigenvalue weighted by molar-refractivity contribution is 0.718. The second-order valence-electron chi connectivity index (χ2n) is 13.3. The van der Waals surface area contributed by atoms with Gasteiger partial charge in [-0.2, -0.15) is 0 Å². The van der Waals surface area contributed by atoms with Crippen molar-refractivity contribution in [1.29, 1.82) is 0 Å². The summed E-state index contributed by atoms with van der Waals surface area (Å²) in [6.45, 7) is 4.60. The van der Waals surface area contributed by atoms with E-state index in [9.17, 15) is 0 Å². The van der Waals surface area contributed by atoms with Crippen LogP contribution in [0.2, 0.25) is 0 Å². The number of aromatic amines is 1. The van der Waals surface area contributed by atoms with Gasteiger partial charge in [-0.3, -0.25) is 0 Å². The maximum absolute atomic E-state index is 3.57. The molecular formula is C44H36N2. The van der Waals surface area contributed by atoms with E-state index in [1.807, 2.05) is 0 Å². The van der Waals surface area contributed by atoms with E-state index in [0.717, 1.165) is 12.8 Å². The highest BCUT2D eigenvalue weighted by Gasteiger charge is 2.22. The minimum Gasteiger partial charge on any atom is -0.355 e. The number of rotatable bonds is 4. The largest absolute Gasteiger partial charge is 0.355 e. The molecule has 222 valence electrons. The fourth-order valence-electron chi connectivity index (χ4n) is 7.54. The standard InChI is InChI=1S/C44H36N2/c1-28-13-16-30(17-14-28)31-7-5-8-32(24-31)33-9-6-10-36(25-33)46-43-21-15-29(2)23-39(43)40-27-35(19-22-44(40)46)34-18-20-42-38(26-34)37-11-3-4-12-41(37)45-42/h3-13,15-22,24-29,45H,14,23H2,1-2H3. The number of aromatic nitrogens is 2. The molecule has 2 heteroatoms. The first-order valence-electron chi connectivity index (χ1n) is 16.5. The van der Waals surface area contributed by atoms with Crippen LogP contribution in [-0.2, 0) is 6.42 Å². The summed E-state index contributed by atoms with van der Waals surface area (Å²) >= 11 is 0. The Morgan fingerprint density at radius 1 is 0.587 bits per heavy atom. The van der Waals surface area contributed by atoms with Gasteiger partial charge in [0.1, 0.15) is 0 Å². The van der Waals surface area contributed by atoms with Crippen LogP contribution >= 0.6 is 0 Å². The van der Waals surface area contributed by atoms with Gasteiger partial charge < -0.3 is 9.55 Å². The Balaban J connectivity index is 1.16. The molecule has 2 atom stereocenters. The van der Waals surface area contributed by atoms with E-state index < -0.39 is 0 Å². The van der Waals surface area contributed by atoms with Gasteiger partial charge in [0.2, 0.25) is 0 Å². The van der Waals surface area contributed by atoms with Gasteiger partial charge >= 0.3 is 0 Å². The Hall–Kier alpha value is -5.34. The SMILES string of the molecule is CC1C=CC(c2cccc(-c3cccc(-n4c5c(c6cc(-c7ccc8[nH]c9ccccc9c8c7)ccc64)CC(C)C=C5)c3)c2)=CC1. The van der Waals surface area contributed by atoms with Crippen LogP contribution in [0.4, 0.5) is 0 Å². The molecule has 2 heterocycles. The van der Waals surface area contributed by atoms with Gasteiger partial charge in [-0.05, 0) is 118 Å². The second kappa shape index (κ2) is 10.6. The minimum absolute atomic E-state index is 0.512. The highest BCUT2D eigenvalue weighted by atomic mass is 15.0. The molecule has 2 nitrogen and oxygen atoms in total. The van der Waals surface area contributed by atoms with Gasteiger partial charge in [0.05, 0.1) is 5.52 Å². The molecule has 0 bridgehead atoms. The van der Waals surface area contributed by atoms with Crippen molar-refractivity contribution < 1.29 is 0 Å². The summed E-state index contributed by atoms with van der Waals surface area (Å²) in [6, 6.07) is 40.5. The molecule has 1 N–H and O–H groups in total. The van der Waals surface area contributed by atoms with Crippen molar-refractivity contribution in [2.45, 2.75) is 26.7 Å². The highest BCUT2D eigenvalue weighted by molar-refractivity contribution is 6.08. The van der Waals surface area contributed by atoms with Crippen LogP contribution in [0.25, 0.3) is 72.3 Å². The zero-order valence-electron chi connectivity index (χ0n) is 26.3. The predicted molar refractivity (Wildman–Crippen MR) is 196 cm³/mol. The summed E-state index contributed by atoms with van der Waals surface area (Å²) in [5, 5.41) is 3.89. The monoisotopic (exact) mass is 592 g/mol. The third-order valence-electron chi connectivity index (χ3n) is 10.0. The van der Waals surface area contributed by atoms with Crippen LogP contribution in [0, 0.1) is 11.8 Å². The number of nitrogens with one attached hydrogen (secondary N) is 1. The van der Waals surface area contributed by atoms with Crippen molar-refractivity contribution in [2.75, 3.05) is 0 Å². The number of hydrogen-bond acceptors (Lipinski definition) is 0. The fraction of sp³-hybridized carbons (Fsp3) is 0.136. The van der Waals surface area contributed by atoms with Crippen molar-refractivity contribution in [3.63, 3.8) is 0 Å². The van der Waals surface area contributed by atoms with Gasteiger partial charge in [0, 0.05) is 38.6 Å².